The fourth-order valence-corrected chi connectivity index (χ4v) is 3.96. The third-order valence-electron chi connectivity index (χ3n) is 5.07. The minimum atomic E-state index is 0.451. The Morgan fingerprint density at radius 1 is 0.652 bits per heavy atom. The van der Waals surface area contributed by atoms with Crippen LogP contribution >= 0.6 is 0 Å². The molecule has 2 saturated heterocycles. The number of nitrogens with one attached hydrogen (secondary N) is 1. The number of benzene rings is 2. The molecule has 0 aliphatic carbocycles. The average Bonchev–Trinajstić information content (AvgIpc) is 3.26. The molecule has 3 heteroatoms. The Hall–Kier alpha value is -2.00. The summed E-state index contributed by atoms with van der Waals surface area (Å²) in [6.45, 7) is 2.31. The van der Waals surface area contributed by atoms with Crippen LogP contribution in [0.3, 0.4) is 0 Å². The van der Waals surface area contributed by atoms with E-state index in [1.54, 1.807) is 0 Å². The molecule has 0 saturated carbocycles. The molecule has 2 atom stereocenters. The van der Waals surface area contributed by atoms with Gasteiger partial charge in [0.2, 0.25) is 0 Å². The van der Waals surface area contributed by atoms with Crippen LogP contribution in [0.5, 0.6) is 0 Å². The summed E-state index contributed by atoms with van der Waals surface area (Å²) in [5, 5.41) is 3.93. The Morgan fingerprint density at radius 2 is 1.09 bits per heavy atom. The van der Waals surface area contributed by atoms with E-state index in [9.17, 15) is 0 Å². The SMILES string of the molecule is c1ccc(N2CCCC2NC2CCCN2c2ccccc2)cc1. The fourth-order valence-electron chi connectivity index (χ4n) is 3.96. The second-order valence-corrected chi connectivity index (χ2v) is 6.54. The maximum absolute atomic E-state index is 3.93. The summed E-state index contributed by atoms with van der Waals surface area (Å²) < 4.78 is 0. The van der Waals surface area contributed by atoms with E-state index >= 15 is 0 Å². The topological polar surface area (TPSA) is 18.5 Å². The molecule has 120 valence electrons. The zero-order valence-electron chi connectivity index (χ0n) is 13.6. The smallest absolute Gasteiger partial charge is 0.0812 e. The van der Waals surface area contributed by atoms with Crippen LogP contribution in [-0.2, 0) is 0 Å². The predicted octanol–water partition coefficient (Wildman–Crippen LogP) is 3.83. The molecule has 0 bridgehead atoms. The van der Waals surface area contributed by atoms with Gasteiger partial charge < -0.3 is 9.80 Å². The first-order valence-corrected chi connectivity index (χ1v) is 8.81. The van der Waals surface area contributed by atoms with Gasteiger partial charge in [-0.1, -0.05) is 36.4 Å². The van der Waals surface area contributed by atoms with Crippen LogP contribution in [0, 0.1) is 0 Å². The summed E-state index contributed by atoms with van der Waals surface area (Å²) >= 11 is 0. The number of para-hydroxylation sites is 2. The van der Waals surface area contributed by atoms with E-state index in [4.69, 9.17) is 0 Å². The molecular weight excluding hydrogens is 282 g/mol. The molecule has 2 aromatic carbocycles. The molecule has 23 heavy (non-hydrogen) atoms. The van der Waals surface area contributed by atoms with Crippen LogP contribution < -0.4 is 15.1 Å². The van der Waals surface area contributed by atoms with Crippen molar-refractivity contribution < 1.29 is 0 Å². The molecule has 4 rings (SSSR count). The van der Waals surface area contributed by atoms with E-state index < -0.39 is 0 Å². The highest BCUT2D eigenvalue weighted by Gasteiger charge is 2.31. The largest absolute Gasteiger partial charge is 0.356 e. The zero-order chi connectivity index (χ0) is 15.5. The summed E-state index contributed by atoms with van der Waals surface area (Å²) in [7, 11) is 0. The minimum Gasteiger partial charge on any atom is -0.356 e. The molecule has 2 aliphatic heterocycles. The van der Waals surface area contributed by atoms with Crippen LogP contribution in [-0.4, -0.2) is 25.4 Å². The van der Waals surface area contributed by atoms with E-state index in [1.807, 2.05) is 0 Å². The number of rotatable bonds is 4. The quantitative estimate of drug-likeness (QED) is 0.926. The summed E-state index contributed by atoms with van der Waals surface area (Å²) in [6.07, 6.45) is 5.90. The molecule has 1 N–H and O–H groups in total. The lowest BCUT2D eigenvalue weighted by atomic mass is 10.2. The lowest BCUT2D eigenvalue weighted by Gasteiger charge is -2.34. The van der Waals surface area contributed by atoms with E-state index in [2.05, 4.69) is 75.8 Å². The standard InChI is InChI=1S/C20H25N3/c1-3-9-17(10-4-1)22-15-7-13-19(22)21-20-14-8-16-23(20)18-11-5-2-6-12-18/h1-6,9-12,19-21H,7-8,13-16H2. The molecule has 2 heterocycles. The van der Waals surface area contributed by atoms with E-state index in [1.165, 1.54) is 37.1 Å². The van der Waals surface area contributed by atoms with Crippen LogP contribution in [0.25, 0.3) is 0 Å². The lowest BCUT2D eigenvalue weighted by molar-refractivity contribution is 0.437. The summed E-state index contributed by atoms with van der Waals surface area (Å²) in [5.41, 5.74) is 2.68. The first-order chi connectivity index (χ1) is 11.4. The first-order valence-electron chi connectivity index (χ1n) is 8.81. The van der Waals surface area contributed by atoms with Crippen LogP contribution in [0.1, 0.15) is 25.7 Å². The van der Waals surface area contributed by atoms with Crippen LogP contribution in [0.2, 0.25) is 0 Å². The van der Waals surface area contributed by atoms with Crippen LogP contribution in [0.4, 0.5) is 11.4 Å². The molecule has 0 amide bonds. The van der Waals surface area contributed by atoms with Gasteiger partial charge in [0.25, 0.3) is 0 Å². The van der Waals surface area contributed by atoms with Crippen molar-refractivity contribution in [3.63, 3.8) is 0 Å². The molecule has 2 fully saturated rings. The maximum Gasteiger partial charge on any atom is 0.0812 e. The number of nitrogens with zero attached hydrogens (tertiary/aromatic N) is 2. The van der Waals surface area contributed by atoms with Gasteiger partial charge in [0, 0.05) is 24.5 Å². The lowest BCUT2D eigenvalue weighted by Crippen LogP contribution is -2.51. The second kappa shape index (κ2) is 6.63. The van der Waals surface area contributed by atoms with E-state index in [0.717, 1.165) is 13.1 Å². The Kier molecular flexibility index (Phi) is 4.20. The van der Waals surface area contributed by atoms with Crippen molar-refractivity contribution in [3.8, 4) is 0 Å². The molecule has 0 spiro atoms. The van der Waals surface area contributed by atoms with E-state index in [-0.39, 0.29) is 0 Å². The molecule has 2 unspecified atom stereocenters. The zero-order valence-corrected chi connectivity index (χ0v) is 13.6. The van der Waals surface area contributed by atoms with Gasteiger partial charge in [-0.2, -0.15) is 0 Å². The van der Waals surface area contributed by atoms with Crippen molar-refractivity contribution in [3.05, 3.63) is 60.7 Å². The Bertz CT molecular complexity index is 558. The van der Waals surface area contributed by atoms with Gasteiger partial charge in [0.1, 0.15) is 0 Å². The number of hydrogen-bond donors (Lipinski definition) is 1. The van der Waals surface area contributed by atoms with Crippen molar-refractivity contribution in [1.82, 2.24) is 5.32 Å². The van der Waals surface area contributed by atoms with Crippen molar-refractivity contribution in [2.45, 2.75) is 38.0 Å². The van der Waals surface area contributed by atoms with Crippen molar-refractivity contribution >= 4 is 11.4 Å². The Labute approximate surface area is 138 Å². The molecule has 2 aliphatic rings. The molecule has 2 aromatic rings. The second-order valence-electron chi connectivity index (χ2n) is 6.54. The van der Waals surface area contributed by atoms with Crippen molar-refractivity contribution in [1.29, 1.82) is 0 Å². The van der Waals surface area contributed by atoms with Gasteiger partial charge in [-0.15, -0.1) is 0 Å². The highest BCUT2D eigenvalue weighted by molar-refractivity contribution is 5.49. The van der Waals surface area contributed by atoms with E-state index in [0.29, 0.717) is 12.3 Å². The molecular formula is C20H25N3. The van der Waals surface area contributed by atoms with Crippen molar-refractivity contribution in [2.24, 2.45) is 0 Å². The summed E-state index contributed by atoms with van der Waals surface area (Å²) in [4.78, 5) is 5.06. The van der Waals surface area contributed by atoms with Gasteiger partial charge in [-0.25, -0.2) is 0 Å². The van der Waals surface area contributed by atoms with Gasteiger partial charge in [0.05, 0.1) is 12.3 Å². The van der Waals surface area contributed by atoms with Gasteiger partial charge >= 0.3 is 0 Å². The predicted molar refractivity (Wildman–Crippen MR) is 96.8 cm³/mol. The van der Waals surface area contributed by atoms with Gasteiger partial charge in [-0.3, -0.25) is 5.32 Å². The third-order valence-corrected chi connectivity index (χ3v) is 5.07. The summed E-state index contributed by atoms with van der Waals surface area (Å²) in [5.74, 6) is 0. The highest BCUT2D eigenvalue weighted by atomic mass is 15.4. The third kappa shape index (κ3) is 3.06. The Balaban J connectivity index is 1.48. The van der Waals surface area contributed by atoms with Gasteiger partial charge in [0.15, 0.2) is 0 Å². The minimum absolute atomic E-state index is 0.451. The fraction of sp³-hybridized carbons (Fsp3) is 0.400. The van der Waals surface area contributed by atoms with Crippen LogP contribution in [0.15, 0.2) is 60.7 Å². The van der Waals surface area contributed by atoms with Gasteiger partial charge in [-0.05, 0) is 49.9 Å². The first kappa shape index (κ1) is 14.6. The maximum atomic E-state index is 3.93. The number of anilines is 2. The normalized spacial score (nSPS) is 24.3. The molecule has 0 radical (unpaired) electrons. The average molecular weight is 307 g/mol. The monoisotopic (exact) mass is 307 g/mol. The van der Waals surface area contributed by atoms with Crippen molar-refractivity contribution in [2.75, 3.05) is 22.9 Å². The summed E-state index contributed by atoms with van der Waals surface area (Å²) in [6, 6.07) is 21.6. The number of hydrogen-bond acceptors (Lipinski definition) is 3. The Morgan fingerprint density at radius 3 is 1.52 bits per heavy atom. The molecule has 0 aromatic heterocycles. The molecule has 3 nitrogen and oxygen atoms in total. The highest BCUT2D eigenvalue weighted by Crippen LogP contribution is 2.28.